The summed E-state index contributed by atoms with van der Waals surface area (Å²) in [6.07, 6.45) is 1.29. The fraction of sp³-hybridized carbons (Fsp3) is 0.500. The van der Waals surface area contributed by atoms with E-state index in [1.807, 2.05) is 8.15 Å². The normalized spacial score (nSPS) is 24.9. The zero-order valence-electron chi connectivity index (χ0n) is 9.81. The van der Waals surface area contributed by atoms with Crippen molar-refractivity contribution in [3.05, 3.63) is 10.4 Å². The molecule has 0 unspecified atom stereocenters. The van der Waals surface area contributed by atoms with Gasteiger partial charge in [-0.3, -0.25) is 0 Å². The molecule has 100 valence electrons. The van der Waals surface area contributed by atoms with Gasteiger partial charge in [-0.25, -0.2) is 0 Å². The summed E-state index contributed by atoms with van der Waals surface area (Å²) in [7, 11) is 0. The van der Waals surface area contributed by atoms with Crippen molar-refractivity contribution in [2.75, 3.05) is 12.3 Å². The van der Waals surface area contributed by atoms with Crippen LogP contribution in [0.2, 0.25) is 0 Å². The Hall–Kier alpha value is -1.41. The summed E-state index contributed by atoms with van der Waals surface area (Å²) in [5.74, 6) is 0.232. The molecule has 0 aliphatic carbocycles. The van der Waals surface area contributed by atoms with E-state index in [1.54, 1.807) is 0 Å². The molecule has 2 aromatic heterocycles. The van der Waals surface area contributed by atoms with Crippen LogP contribution in [0.3, 0.4) is 0 Å². The van der Waals surface area contributed by atoms with Gasteiger partial charge in [-0.15, -0.1) is 0 Å². The third kappa shape index (κ3) is 1.44. The predicted octanol–water partition coefficient (Wildman–Crippen LogP) is -2.05. The molecule has 2 atom stereocenters. The SMILES string of the molecule is Nc1nc(=O)c2nc3n([C@H]4CC[C@@H](CO)O4)c2n1[Se]3. The van der Waals surface area contributed by atoms with Gasteiger partial charge in [0.25, 0.3) is 0 Å². The van der Waals surface area contributed by atoms with Crippen molar-refractivity contribution in [2.24, 2.45) is 0 Å². The Kier molecular flexibility index (Phi) is 2.28. The monoisotopic (exact) mass is 329 g/mol. The van der Waals surface area contributed by atoms with Gasteiger partial charge >= 0.3 is 113 Å². The molecule has 0 aromatic carbocycles. The van der Waals surface area contributed by atoms with Crippen molar-refractivity contribution in [1.82, 2.24) is 18.1 Å². The standard InChI is InChI=1S/C10H11N5O3Se/c11-9-13-7(17)6-8-14(10(12-6)19-15(8)9)5-2-1-4(3-16)18-5/h4-5,16H,1-3H2,(H2,11,13,17)/t4-,5+/m0/s1. The van der Waals surface area contributed by atoms with Crippen LogP contribution in [-0.4, -0.2) is 51.1 Å². The first kappa shape index (κ1) is 11.4. The molecule has 0 radical (unpaired) electrons. The molecule has 2 aromatic rings. The van der Waals surface area contributed by atoms with Crippen LogP contribution in [0.4, 0.5) is 5.95 Å². The Labute approximate surface area is 113 Å². The van der Waals surface area contributed by atoms with Crippen LogP contribution in [0.15, 0.2) is 4.79 Å². The molecular weight excluding hydrogens is 317 g/mol. The van der Waals surface area contributed by atoms with E-state index in [9.17, 15) is 4.79 Å². The van der Waals surface area contributed by atoms with Crippen LogP contribution >= 0.6 is 0 Å². The first-order valence-corrected chi connectivity index (χ1v) is 7.56. The van der Waals surface area contributed by atoms with Gasteiger partial charge in [-0.1, -0.05) is 0 Å². The third-order valence-electron chi connectivity index (χ3n) is 3.42. The number of imidazole rings is 1. The number of anilines is 1. The van der Waals surface area contributed by atoms with Crippen LogP contribution in [0, 0.1) is 0 Å². The quantitative estimate of drug-likeness (QED) is 0.524. The molecule has 3 N–H and O–H groups in total. The number of rotatable bonds is 2. The second-order valence-electron chi connectivity index (χ2n) is 4.57. The van der Waals surface area contributed by atoms with Gasteiger partial charge in [0, 0.05) is 0 Å². The third-order valence-corrected chi connectivity index (χ3v) is 5.51. The number of fused-ring (bicyclic) bond motifs is 1. The number of nitrogens with two attached hydrogens (primary N) is 1. The molecule has 1 saturated heterocycles. The van der Waals surface area contributed by atoms with E-state index in [4.69, 9.17) is 15.6 Å². The molecule has 1 fully saturated rings. The van der Waals surface area contributed by atoms with Gasteiger partial charge in [0.15, 0.2) is 0 Å². The summed E-state index contributed by atoms with van der Waals surface area (Å²) in [4.78, 5) is 19.9. The van der Waals surface area contributed by atoms with Gasteiger partial charge in [0.1, 0.15) is 0 Å². The second-order valence-corrected chi connectivity index (χ2v) is 6.49. The molecule has 2 aliphatic heterocycles. The molecule has 2 bridgehead atoms. The van der Waals surface area contributed by atoms with Gasteiger partial charge in [-0.05, 0) is 0 Å². The van der Waals surface area contributed by atoms with Gasteiger partial charge < -0.3 is 0 Å². The van der Waals surface area contributed by atoms with E-state index in [0.717, 1.165) is 17.6 Å². The minimum atomic E-state index is -0.393. The Morgan fingerprint density at radius 2 is 2.32 bits per heavy atom. The summed E-state index contributed by atoms with van der Waals surface area (Å²) < 4.78 is 10.4. The average Bonchev–Trinajstić information content (AvgIpc) is 3.07. The van der Waals surface area contributed by atoms with E-state index in [2.05, 4.69) is 9.97 Å². The van der Waals surface area contributed by atoms with E-state index in [0.29, 0.717) is 11.2 Å². The molecule has 4 heterocycles. The number of aromatic nitrogens is 4. The molecule has 9 heteroatoms. The number of nitrogens with zero attached hydrogens (tertiary/aromatic N) is 4. The minimum absolute atomic E-state index is 0.0140. The van der Waals surface area contributed by atoms with Crippen LogP contribution in [0.5, 0.6) is 0 Å². The molecule has 0 amide bonds. The first-order valence-electron chi connectivity index (χ1n) is 5.94. The Bertz CT molecular complexity index is 739. The number of aliphatic hydroxyl groups excluding tert-OH is 1. The predicted molar refractivity (Wildman–Crippen MR) is 67.2 cm³/mol. The molecule has 8 nitrogen and oxygen atoms in total. The van der Waals surface area contributed by atoms with Crippen molar-refractivity contribution >= 4 is 37.0 Å². The first-order chi connectivity index (χ1) is 9.19. The van der Waals surface area contributed by atoms with Gasteiger partial charge in [0.05, 0.1) is 0 Å². The van der Waals surface area contributed by atoms with E-state index < -0.39 is 5.56 Å². The fourth-order valence-corrected chi connectivity index (χ4v) is 4.62. The summed E-state index contributed by atoms with van der Waals surface area (Å²) in [6, 6.07) is 0. The van der Waals surface area contributed by atoms with Crippen LogP contribution in [-0.2, 0) is 4.74 Å². The maximum absolute atomic E-state index is 11.8. The second kappa shape index (κ2) is 3.80. The Morgan fingerprint density at radius 3 is 3.05 bits per heavy atom. The molecule has 4 rings (SSSR count). The number of hydrogen-bond acceptors (Lipinski definition) is 6. The zero-order valence-corrected chi connectivity index (χ0v) is 11.5. The van der Waals surface area contributed by atoms with Crippen LogP contribution < -0.4 is 16.0 Å². The van der Waals surface area contributed by atoms with Crippen molar-refractivity contribution in [1.29, 1.82) is 0 Å². The number of hydrogen-bond donors (Lipinski definition) is 2. The molecule has 2 aliphatic rings. The average molecular weight is 328 g/mol. The van der Waals surface area contributed by atoms with Gasteiger partial charge in [0.2, 0.25) is 0 Å². The molecule has 19 heavy (non-hydrogen) atoms. The van der Waals surface area contributed by atoms with Crippen molar-refractivity contribution in [3.8, 4) is 0 Å². The fourth-order valence-electron chi connectivity index (χ4n) is 2.56. The van der Waals surface area contributed by atoms with E-state index in [-0.39, 0.29) is 40.1 Å². The summed E-state index contributed by atoms with van der Waals surface area (Å²) in [5.41, 5.74) is 6.45. The summed E-state index contributed by atoms with van der Waals surface area (Å²) in [5, 5.41) is 9.13. The number of nitrogen functional groups attached to an aromatic ring is 1. The Morgan fingerprint density at radius 1 is 1.47 bits per heavy atom. The van der Waals surface area contributed by atoms with Crippen LogP contribution in [0.1, 0.15) is 19.1 Å². The van der Waals surface area contributed by atoms with E-state index in [1.165, 1.54) is 0 Å². The number of ether oxygens (including phenoxy) is 1. The molecule has 0 spiro atoms. The summed E-state index contributed by atoms with van der Waals surface area (Å²) >= 11 is -0.0895. The van der Waals surface area contributed by atoms with E-state index >= 15 is 0 Å². The number of aliphatic hydroxyl groups is 1. The van der Waals surface area contributed by atoms with Crippen molar-refractivity contribution in [3.63, 3.8) is 0 Å². The van der Waals surface area contributed by atoms with Gasteiger partial charge in [-0.2, -0.15) is 0 Å². The topological polar surface area (TPSA) is 108 Å². The van der Waals surface area contributed by atoms with Crippen molar-refractivity contribution < 1.29 is 9.84 Å². The summed E-state index contributed by atoms with van der Waals surface area (Å²) in [6.45, 7) is 0.0140. The molecular formula is C10H11N5O3Se. The Balaban J connectivity index is 1.90. The molecule has 0 saturated carbocycles. The zero-order chi connectivity index (χ0) is 13.1. The van der Waals surface area contributed by atoms with Crippen molar-refractivity contribution in [2.45, 2.75) is 25.2 Å². The van der Waals surface area contributed by atoms with Crippen LogP contribution in [0.25, 0.3) is 11.2 Å². The maximum atomic E-state index is 11.8.